The van der Waals surface area contributed by atoms with Gasteiger partial charge in [-0.15, -0.1) is 0 Å². The molecule has 0 saturated heterocycles. The lowest BCUT2D eigenvalue weighted by Crippen LogP contribution is -2.33. The summed E-state index contributed by atoms with van der Waals surface area (Å²) in [7, 11) is 4.81. The van der Waals surface area contributed by atoms with Gasteiger partial charge in [0.05, 0.1) is 9.79 Å². The first-order valence-electron chi connectivity index (χ1n) is 40.2. The van der Waals surface area contributed by atoms with E-state index in [-0.39, 0.29) is 5.57 Å². The molecule has 5 aromatic rings. The van der Waals surface area contributed by atoms with E-state index in [4.69, 9.17) is 10.5 Å². The molecule has 562 valence electrons. The van der Waals surface area contributed by atoms with Crippen molar-refractivity contribution in [2.24, 2.45) is 0 Å². The quantitative estimate of drug-likeness (QED) is 0.0297. The third-order valence-corrected chi connectivity index (χ3v) is 22.4. The molecule has 100 heavy (non-hydrogen) atoms. The van der Waals surface area contributed by atoms with Gasteiger partial charge in [0.15, 0.2) is 0 Å². The van der Waals surface area contributed by atoms with Gasteiger partial charge in [-0.1, -0.05) is 352 Å². The molecule has 0 radical (unpaired) electrons. The van der Waals surface area contributed by atoms with Gasteiger partial charge in [-0.3, -0.25) is 0 Å². The first kappa shape index (κ1) is 90.6. The highest BCUT2D eigenvalue weighted by Crippen LogP contribution is 2.33. The average molecular weight is 1420 g/mol. The van der Waals surface area contributed by atoms with Crippen molar-refractivity contribution in [2.75, 3.05) is 76.6 Å². The highest BCUT2D eigenvalue weighted by Gasteiger charge is 2.26. The first-order valence-corrected chi connectivity index (χ1v) is 43.1. The maximum atomic E-state index is 14.3. The van der Waals surface area contributed by atoms with Gasteiger partial charge in [0.25, 0.3) is 0 Å². The molecule has 0 aliphatic rings. The number of hydrogen-bond donors (Lipinski definition) is 1. The Balaban J connectivity index is 0.000000567. The van der Waals surface area contributed by atoms with Crippen LogP contribution >= 0.6 is 0 Å². The fourth-order valence-electron chi connectivity index (χ4n) is 13.0. The first-order chi connectivity index (χ1) is 48.5. The Hall–Kier alpha value is -5.44. The van der Waals surface area contributed by atoms with Crippen LogP contribution in [0.4, 0.5) is 17.1 Å². The molecule has 11 nitrogen and oxygen atoms in total. The zero-order valence-corrected chi connectivity index (χ0v) is 67.1. The molecule has 0 amide bonds. The van der Waals surface area contributed by atoms with Crippen molar-refractivity contribution in [1.29, 1.82) is 10.5 Å². The Morgan fingerprint density at radius 3 is 0.970 bits per heavy atom. The van der Waals surface area contributed by atoms with Gasteiger partial charge in [-0.05, 0) is 67.3 Å². The number of nitrogens with one attached hydrogen (secondary N) is 1. The van der Waals surface area contributed by atoms with Crippen molar-refractivity contribution in [2.45, 2.75) is 321 Å². The van der Waals surface area contributed by atoms with Gasteiger partial charge in [-0.2, -0.15) is 14.8 Å². The molecule has 0 atom stereocenters. The predicted molar refractivity (Wildman–Crippen MR) is 437 cm³/mol. The number of sulfonamides is 2. The van der Waals surface area contributed by atoms with Crippen LogP contribution in [-0.4, -0.2) is 83.1 Å². The van der Waals surface area contributed by atoms with E-state index in [1.54, 1.807) is 12.1 Å². The van der Waals surface area contributed by atoms with Crippen molar-refractivity contribution in [3.8, 4) is 12.1 Å². The summed E-state index contributed by atoms with van der Waals surface area (Å²) < 4.78 is 59.1. The van der Waals surface area contributed by atoms with Crippen LogP contribution in [0, 0.1) is 22.7 Å². The van der Waals surface area contributed by atoms with Crippen LogP contribution in [-0.2, 0) is 20.0 Å². The lowest BCUT2D eigenvalue weighted by atomic mass is 10.0. The number of hydrogen-bond acceptors (Lipinski definition) is 9. The summed E-state index contributed by atoms with van der Waals surface area (Å²) in [6.45, 7) is 12.8. The minimum atomic E-state index is -3.59. The monoisotopic (exact) mass is 1410 g/mol. The van der Waals surface area contributed by atoms with E-state index in [1.165, 1.54) is 238 Å². The van der Waals surface area contributed by atoms with Gasteiger partial charge < -0.3 is 14.7 Å². The standard InChI is InChI=1S/C44H78N2O2S.C28H46N2O2S.C12H11N3.C3H8/c1-5-7-9-11-13-15-17-19-21-23-25-27-29-31-39-46(40-32-30-28-26-24-22-20-18-16-14-12-10-8-6-2)49(47,48)44-38-34-35-41-42(44)36-33-37-43(41)45(3)4;1-4-5-6-7-8-9-10-11-12-13-14-15-16-17-24-29-33(31,32)28-23-19-20-25-26(28)21-18-22-27(25)30(2)3;1-15(2)12-5-3-10(4-6-12)7-11(8-13)9-14;1-3-2/h33-38H,5-32,39-40H2,1-4H3;18-23,29H,4-17,24H2,1-3H3;3-7H,1-2H3;3H2,1-2H3. The van der Waals surface area contributed by atoms with Gasteiger partial charge >= 0.3 is 0 Å². The van der Waals surface area contributed by atoms with E-state index in [0.29, 0.717) is 29.4 Å². The lowest BCUT2D eigenvalue weighted by molar-refractivity contribution is 0.383. The molecule has 1 N–H and O–H groups in total. The normalized spacial score (nSPS) is 11.3. The Labute approximate surface area is 614 Å². The summed E-state index contributed by atoms with van der Waals surface area (Å²) in [5, 5.41) is 20.7. The molecule has 5 rings (SSSR count). The second kappa shape index (κ2) is 58.0. The van der Waals surface area contributed by atoms with Gasteiger partial charge in [0, 0.05) is 101 Å². The van der Waals surface area contributed by atoms with E-state index >= 15 is 0 Å². The van der Waals surface area contributed by atoms with Gasteiger partial charge in [0.1, 0.15) is 17.7 Å². The van der Waals surface area contributed by atoms with Crippen LogP contribution in [0.5, 0.6) is 0 Å². The Bertz CT molecular complexity index is 3150. The molecular formula is C87H143N7O4S2. The van der Waals surface area contributed by atoms with Crippen LogP contribution in [0.3, 0.4) is 0 Å². The average Bonchev–Trinajstić information content (AvgIpc) is 0.767. The van der Waals surface area contributed by atoms with Crippen molar-refractivity contribution < 1.29 is 16.8 Å². The minimum Gasteiger partial charge on any atom is -0.378 e. The number of benzene rings is 5. The highest BCUT2D eigenvalue weighted by atomic mass is 32.2. The van der Waals surface area contributed by atoms with Crippen LogP contribution in [0.25, 0.3) is 27.6 Å². The molecule has 0 aliphatic heterocycles. The third-order valence-electron chi connectivity index (χ3n) is 18.9. The second-order valence-corrected chi connectivity index (χ2v) is 32.3. The summed E-state index contributed by atoms with van der Waals surface area (Å²) in [6.07, 6.45) is 57.7. The summed E-state index contributed by atoms with van der Waals surface area (Å²) in [4.78, 5) is 6.90. The molecule has 0 heterocycles. The van der Waals surface area contributed by atoms with Crippen molar-refractivity contribution >= 4 is 64.7 Å². The predicted octanol–water partition coefficient (Wildman–Crippen LogP) is 25.1. The molecular weight excluding hydrogens is 1270 g/mol. The van der Waals surface area contributed by atoms with Crippen LogP contribution < -0.4 is 19.4 Å². The molecule has 0 spiro atoms. The Morgan fingerprint density at radius 2 is 0.650 bits per heavy atom. The molecule has 0 fully saturated rings. The molecule has 0 saturated carbocycles. The van der Waals surface area contributed by atoms with Crippen molar-refractivity contribution in [3.05, 3.63) is 108 Å². The summed E-state index contributed by atoms with van der Waals surface area (Å²) in [6, 6.07) is 34.5. The zero-order valence-electron chi connectivity index (χ0n) is 65.5. The fourth-order valence-corrected chi connectivity index (χ4v) is 16.0. The maximum absolute atomic E-state index is 14.3. The molecule has 0 bridgehead atoms. The molecule has 5 aromatic carbocycles. The smallest absolute Gasteiger partial charge is 0.243 e. The number of allylic oxidation sites excluding steroid dienone is 1. The second-order valence-electron chi connectivity index (χ2n) is 28.6. The molecule has 0 aliphatic carbocycles. The summed E-state index contributed by atoms with van der Waals surface area (Å²) in [5.41, 5.74) is 4.14. The van der Waals surface area contributed by atoms with E-state index < -0.39 is 20.0 Å². The van der Waals surface area contributed by atoms with Gasteiger partial charge in [0.2, 0.25) is 20.0 Å². The lowest BCUT2D eigenvalue weighted by Gasteiger charge is -2.24. The maximum Gasteiger partial charge on any atom is 0.243 e. The number of unbranched alkanes of at least 4 members (excludes halogenated alkanes) is 39. The summed E-state index contributed by atoms with van der Waals surface area (Å²) in [5.74, 6) is 0. The number of anilines is 3. The zero-order chi connectivity index (χ0) is 73.3. The fraction of sp³-hybridized carbons (Fsp3) is 0.655. The number of fused-ring (bicyclic) bond motifs is 2. The number of nitrogens with zero attached hydrogens (tertiary/aromatic N) is 6. The van der Waals surface area contributed by atoms with Crippen LogP contribution in [0.2, 0.25) is 0 Å². The van der Waals surface area contributed by atoms with Crippen LogP contribution in [0.15, 0.2) is 112 Å². The van der Waals surface area contributed by atoms with E-state index in [9.17, 15) is 16.8 Å². The van der Waals surface area contributed by atoms with E-state index in [0.717, 1.165) is 82.7 Å². The van der Waals surface area contributed by atoms with Crippen molar-refractivity contribution in [3.63, 3.8) is 0 Å². The molecule has 13 heteroatoms. The van der Waals surface area contributed by atoms with Gasteiger partial charge in [-0.25, -0.2) is 21.6 Å². The van der Waals surface area contributed by atoms with E-state index in [1.807, 2.05) is 147 Å². The van der Waals surface area contributed by atoms with Crippen LogP contribution in [0.1, 0.15) is 316 Å². The number of rotatable bonds is 53. The summed E-state index contributed by atoms with van der Waals surface area (Å²) >= 11 is 0. The van der Waals surface area contributed by atoms with Crippen molar-refractivity contribution in [1.82, 2.24) is 9.03 Å². The minimum absolute atomic E-state index is 0.118. The number of nitriles is 2. The molecule has 0 aromatic heterocycles. The van der Waals surface area contributed by atoms with E-state index in [2.05, 4.69) is 56.4 Å². The largest absolute Gasteiger partial charge is 0.378 e. The Kier molecular flexibility index (Phi) is 52.6. The SMILES string of the molecule is CCC.CCCCCCCCCCCCCCCCN(CCCCCCCCCCCCCCCC)S(=O)(=O)c1cccc2c(N(C)C)cccc12.CCCCCCCCCCCCCCCCNS(=O)(=O)c1cccc2c(N(C)C)cccc12.CN(C)c1ccc(C=C(C#N)C#N)cc1. The highest BCUT2D eigenvalue weighted by molar-refractivity contribution is 7.90. The topological polar surface area (TPSA) is 141 Å². The Morgan fingerprint density at radius 1 is 0.360 bits per heavy atom. The third kappa shape index (κ3) is 39.3. The molecule has 0 unspecified atom stereocenters.